The molecule has 66 valence electrons. The Morgan fingerprint density at radius 2 is 2.08 bits per heavy atom. The average molecular weight is 165 g/mol. The summed E-state index contributed by atoms with van der Waals surface area (Å²) < 4.78 is 0. The van der Waals surface area contributed by atoms with Crippen molar-refractivity contribution in [1.82, 2.24) is 0 Å². The van der Waals surface area contributed by atoms with Gasteiger partial charge in [0.15, 0.2) is 5.78 Å². The normalized spacial score (nSPS) is 26.4. The van der Waals surface area contributed by atoms with E-state index in [-0.39, 0.29) is 11.2 Å². The predicted octanol–water partition coefficient (Wildman–Crippen LogP) is 2.00. The molecular weight excluding hydrogens is 150 g/mol. The number of carbonyl (C=O) groups is 1. The number of rotatable bonds is 0. The number of aliphatic imine (C=N–C) groups is 1. The van der Waals surface area contributed by atoms with Gasteiger partial charge in [-0.3, -0.25) is 9.79 Å². The number of hydrogen-bond donors (Lipinski definition) is 0. The molecule has 0 aromatic rings. The third-order valence-electron chi connectivity index (χ3n) is 2.43. The topological polar surface area (TPSA) is 29.4 Å². The summed E-state index contributed by atoms with van der Waals surface area (Å²) in [6.07, 6.45) is 1.21. The maximum absolute atomic E-state index is 11.3. The van der Waals surface area contributed by atoms with Gasteiger partial charge in [-0.15, -0.1) is 0 Å². The van der Waals surface area contributed by atoms with Gasteiger partial charge in [-0.2, -0.15) is 0 Å². The quantitative estimate of drug-likeness (QED) is 0.505. The van der Waals surface area contributed by atoms with E-state index in [0.717, 1.165) is 17.7 Å². The van der Waals surface area contributed by atoms with E-state index in [4.69, 9.17) is 0 Å². The Morgan fingerprint density at radius 3 is 2.58 bits per heavy atom. The van der Waals surface area contributed by atoms with E-state index in [9.17, 15) is 4.79 Å². The summed E-state index contributed by atoms with van der Waals surface area (Å²) in [5, 5.41) is 0. The molecule has 12 heavy (non-hydrogen) atoms. The van der Waals surface area contributed by atoms with Crippen LogP contribution in [0.5, 0.6) is 0 Å². The Morgan fingerprint density at radius 1 is 1.50 bits per heavy atom. The summed E-state index contributed by atoms with van der Waals surface area (Å²) >= 11 is 0. The molecule has 1 fully saturated rings. The van der Waals surface area contributed by atoms with Gasteiger partial charge in [0.25, 0.3) is 0 Å². The van der Waals surface area contributed by atoms with Crippen LogP contribution < -0.4 is 0 Å². The number of ketones is 1. The van der Waals surface area contributed by atoms with Gasteiger partial charge in [0.1, 0.15) is 0 Å². The molecule has 0 aromatic heterocycles. The van der Waals surface area contributed by atoms with E-state index in [1.54, 1.807) is 7.05 Å². The molecule has 0 saturated heterocycles. The van der Waals surface area contributed by atoms with E-state index in [0.29, 0.717) is 6.42 Å². The minimum atomic E-state index is 0.0275. The lowest BCUT2D eigenvalue weighted by Gasteiger charge is -2.31. The Hall–Kier alpha value is -0.920. The Kier molecular flexibility index (Phi) is 2.18. The maximum Gasteiger partial charge on any atom is 0.163 e. The minimum Gasteiger partial charge on any atom is -0.296 e. The van der Waals surface area contributed by atoms with Crippen molar-refractivity contribution in [2.75, 3.05) is 7.05 Å². The molecule has 1 aliphatic rings. The monoisotopic (exact) mass is 165 g/mol. The maximum atomic E-state index is 11.3. The fourth-order valence-corrected chi connectivity index (χ4v) is 1.63. The van der Waals surface area contributed by atoms with Gasteiger partial charge in [0.2, 0.25) is 0 Å². The van der Waals surface area contributed by atoms with E-state index in [1.165, 1.54) is 0 Å². The largest absolute Gasteiger partial charge is 0.296 e. The Labute approximate surface area is 73.4 Å². The van der Waals surface area contributed by atoms with Crippen molar-refractivity contribution in [3.05, 3.63) is 12.2 Å². The molecule has 2 nitrogen and oxygen atoms in total. The van der Waals surface area contributed by atoms with Crippen LogP contribution in [0.4, 0.5) is 0 Å². The molecule has 0 N–H and O–H groups in total. The Bertz CT molecular complexity index is 261. The lowest BCUT2D eigenvalue weighted by Crippen LogP contribution is -2.33. The van der Waals surface area contributed by atoms with E-state index in [2.05, 4.69) is 25.4 Å². The zero-order valence-corrected chi connectivity index (χ0v) is 7.98. The summed E-state index contributed by atoms with van der Waals surface area (Å²) in [6.45, 7) is 7.96. The fourth-order valence-electron chi connectivity index (χ4n) is 1.63. The second-order valence-electron chi connectivity index (χ2n) is 3.93. The number of carbonyl (C=O) groups excluding carboxylic acids is 1. The second-order valence-corrected chi connectivity index (χ2v) is 3.93. The molecule has 0 radical (unpaired) electrons. The highest BCUT2D eigenvalue weighted by Gasteiger charge is 2.33. The third kappa shape index (κ3) is 1.47. The molecule has 1 rings (SSSR count). The van der Waals surface area contributed by atoms with Gasteiger partial charge in [-0.25, -0.2) is 0 Å². The zero-order chi connectivity index (χ0) is 9.35. The highest BCUT2D eigenvalue weighted by Crippen LogP contribution is 2.33. The van der Waals surface area contributed by atoms with Crippen molar-refractivity contribution in [2.45, 2.75) is 26.7 Å². The summed E-state index contributed by atoms with van der Waals surface area (Å²) in [4.78, 5) is 15.4. The SMILES string of the molecule is C=C1CC(C)(C)C(=NC)CC1=O. The molecule has 0 bridgehead atoms. The lowest BCUT2D eigenvalue weighted by molar-refractivity contribution is -0.115. The minimum absolute atomic E-state index is 0.0275. The zero-order valence-electron chi connectivity index (χ0n) is 7.98. The van der Waals surface area contributed by atoms with Crippen LogP contribution in [-0.4, -0.2) is 18.5 Å². The highest BCUT2D eigenvalue weighted by molar-refractivity contribution is 6.13. The molecule has 0 amide bonds. The summed E-state index contributed by atoms with van der Waals surface area (Å²) in [5.41, 5.74) is 1.77. The number of nitrogens with zero attached hydrogens (tertiary/aromatic N) is 1. The fraction of sp³-hybridized carbons (Fsp3) is 0.600. The molecule has 0 spiro atoms. The van der Waals surface area contributed by atoms with Gasteiger partial charge in [0.05, 0.1) is 0 Å². The first-order chi connectivity index (χ1) is 5.47. The van der Waals surface area contributed by atoms with Crippen LogP contribution in [0.25, 0.3) is 0 Å². The average Bonchev–Trinajstić information content (AvgIpc) is 1.96. The first-order valence-corrected chi connectivity index (χ1v) is 4.14. The summed E-state index contributed by atoms with van der Waals surface area (Å²) in [7, 11) is 1.75. The van der Waals surface area contributed by atoms with Crippen molar-refractivity contribution >= 4 is 11.5 Å². The van der Waals surface area contributed by atoms with Crippen molar-refractivity contribution in [3.8, 4) is 0 Å². The van der Waals surface area contributed by atoms with E-state index >= 15 is 0 Å². The summed E-state index contributed by atoms with van der Waals surface area (Å²) in [5.74, 6) is 0.148. The molecule has 0 atom stereocenters. The van der Waals surface area contributed by atoms with Crippen molar-refractivity contribution in [1.29, 1.82) is 0 Å². The number of allylic oxidation sites excluding steroid dienone is 1. The molecule has 1 saturated carbocycles. The van der Waals surface area contributed by atoms with Gasteiger partial charge in [-0.1, -0.05) is 20.4 Å². The van der Waals surface area contributed by atoms with Crippen LogP contribution in [0.15, 0.2) is 17.1 Å². The van der Waals surface area contributed by atoms with Crippen LogP contribution in [0.2, 0.25) is 0 Å². The first-order valence-electron chi connectivity index (χ1n) is 4.14. The second kappa shape index (κ2) is 2.85. The molecule has 0 aliphatic heterocycles. The van der Waals surface area contributed by atoms with Crippen LogP contribution >= 0.6 is 0 Å². The van der Waals surface area contributed by atoms with Gasteiger partial charge >= 0.3 is 0 Å². The van der Waals surface area contributed by atoms with E-state index < -0.39 is 0 Å². The van der Waals surface area contributed by atoms with Crippen LogP contribution in [0, 0.1) is 5.41 Å². The van der Waals surface area contributed by atoms with Crippen LogP contribution in [-0.2, 0) is 4.79 Å². The molecular formula is C10H15NO. The predicted molar refractivity (Wildman–Crippen MR) is 50.5 cm³/mol. The molecule has 0 unspecified atom stereocenters. The van der Waals surface area contributed by atoms with Crippen LogP contribution in [0.3, 0.4) is 0 Å². The summed E-state index contributed by atoms with van der Waals surface area (Å²) in [6, 6.07) is 0. The van der Waals surface area contributed by atoms with Crippen molar-refractivity contribution < 1.29 is 4.79 Å². The molecule has 2 heteroatoms. The van der Waals surface area contributed by atoms with Gasteiger partial charge in [-0.05, 0) is 12.0 Å². The lowest BCUT2D eigenvalue weighted by atomic mass is 9.73. The first kappa shape index (κ1) is 9.17. The van der Waals surface area contributed by atoms with Crippen molar-refractivity contribution in [3.63, 3.8) is 0 Å². The highest BCUT2D eigenvalue weighted by atomic mass is 16.1. The van der Waals surface area contributed by atoms with Crippen LogP contribution in [0.1, 0.15) is 26.7 Å². The smallest absolute Gasteiger partial charge is 0.163 e. The number of hydrogen-bond acceptors (Lipinski definition) is 2. The van der Waals surface area contributed by atoms with E-state index in [1.807, 2.05) is 0 Å². The standard InChI is InChI=1S/C10H15NO/c1-7-6-10(2,3)9(11-4)5-8(7)12/h1,5-6H2,2-4H3. The molecule has 0 heterocycles. The molecule has 0 aromatic carbocycles. The van der Waals surface area contributed by atoms with Crippen molar-refractivity contribution in [2.24, 2.45) is 10.4 Å². The molecule has 1 aliphatic carbocycles. The van der Waals surface area contributed by atoms with Gasteiger partial charge < -0.3 is 0 Å². The number of Topliss-reactive ketones (excluding diaryl/α,β-unsaturated/α-hetero) is 1. The Balaban J connectivity index is 2.95. The third-order valence-corrected chi connectivity index (χ3v) is 2.43. The van der Waals surface area contributed by atoms with Gasteiger partial charge in [0, 0.05) is 24.6 Å².